The molecule has 0 spiro atoms. The number of carboxylic acid groups (broad SMARTS) is 2. The summed E-state index contributed by atoms with van der Waals surface area (Å²) < 4.78 is 0. The number of carboxylic acids is 2. The average molecular weight is 341 g/mol. The van der Waals surface area contributed by atoms with Crippen molar-refractivity contribution in [2.45, 2.75) is 25.6 Å². The summed E-state index contributed by atoms with van der Waals surface area (Å²) in [4.78, 5) is 24.4. The zero-order chi connectivity index (χ0) is 17.9. The van der Waals surface area contributed by atoms with Gasteiger partial charge < -0.3 is 19.8 Å². The van der Waals surface area contributed by atoms with Gasteiger partial charge in [-0.05, 0) is 13.3 Å². The van der Waals surface area contributed by atoms with Gasteiger partial charge in [-0.1, -0.05) is 19.1 Å². The monoisotopic (exact) mass is 340 g/mol. The Kier molecular flexibility index (Phi) is 17.4. The van der Waals surface area contributed by atoms with Gasteiger partial charge in [-0.15, -0.1) is 11.6 Å². The molecule has 0 aromatic carbocycles. The van der Waals surface area contributed by atoms with E-state index in [0.717, 1.165) is 6.92 Å². The van der Waals surface area contributed by atoms with Crippen LogP contribution in [-0.4, -0.2) is 17.3 Å². The third kappa shape index (κ3) is 24.9. The Hall–Kier alpha value is -2.47. The minimum atomic E-state index is -1.19. The molecule has 0 aliphatic carbocycles. The number of aliphatic carboxylic acids is 2. The molecule has 0 amide bonds. The van der Waals surface area contributed by atoms with E-state index in [1.54, 1.807) is 6.92 Å². The third-order valence-corrected chi connectivity index (χ3v) is 2.32. The molecule has 2 aromatic rings. The summed E-state index contributed by atoms with van der Waals surface area (Å²) in [6.07, 6.45) is 7.92. The number of nitrogens with one attached hydrogen (secondary N) is 2. The van der Waals surface area contributed by atoms with Crippen molar-refractivity contribution in [3.63, 3.8) is 0 Å². The minimum absolute atomic E-state index is 0.421. The van der Waals surface area contributed by atoms with Gasteiger partial charge in [-0.25, -0.2) is 9.97 Å². The van der Waals surface area contributed by atoms with Gasteiger partial charge in [0.15, 0.2) is 24.8 Å². The molecule has 0 bridgehead atoms. The lowest BCUT2D eigenvalue weighted by molar-refractivity contribution is -0.378. The fourth-order valence-corrected chi connectivity index (χ4v) is 0.851. The van der Waals surface area contributed by atoms with Gasteiger partial charge in [0, 0.05) is 30.2 Å². The van der Waals surface area contributed by atoms with Crippen molar-refractivity contribution in [2.24, 2.45) is 0 Å². The Bertz CT molecular complexity index is 409. The molecule has 2 aromatic heterocycles. The summed E-state index contributed by atoms with van der Waals surface area (Å²) in [6.45, 7) is 2.66. The zero-order valence-electron chi connectivity index (χ0n) is 13.1. The second kappa shape index (κ2) is 17.6. The third-order valence-electron chi connectivity index (χ3n) is 1.83. The van der Waals surface area contributed by atoms with E-state index < -0.39 is 17.3 Å². The number of carbonyl (C=O) groups is 2. The molecular formula is C16H21ClN2O4. The number of hydrogen-bond donors (Lipinski definition) is 0. The van der Waals surface area contributed by atoms with Crippen LogP contribution in [0.15, 0.2) is 61.2 Å². The molecule has 0 aliphatic heterocycles. The number of aromatic amines is 2. The Balaban J connectivity index is 0. The molecule has 1 atom stereocenters. The molecule has 2 N–H and O–H groups in total. The Morgan fingerprint density at radius 1 is 0.913 bits per heavy atom. The van der Waals surface area contributed by atoms with Gasteiger partial charge in [0.05, 0.1) is 11.3 Å². The predicted octanol–water partition coefficient (Wildman–Crippen LogP) is -0.489. The van der Waals surface area contributed by atoms with E-state index in [9.17, 15) is 9.90 Å². The lowest BCUT2D eigenvalue weighted by Crippen LogP contribution is -2.31. The van der Waals surface area contributed by atoms with Crippen LogP contribution in [0.5, 0.6) is 0 Å². The first-order valence-corrected chi connectivity index (χ1v) is 7.20. The summed E-state index contributed by atoms with van der Waals surface area (Å²) in [7, 11) is 0. The molecule has 0 saturated carbocycles. The molecule has 2 rings (SSSR count). The van der Waals surface area contributed by atoms with Gasteiger partial charge in [-0.3, -0.25) is 0 Å². The van der Waals surface area contributed by atoms with E-state index in [-0.39, 0.29) is 0 Å². The number of alkyl halides is 1. The number of halogens is 1. The number of H-pyrrole nitrogens is 2. The highest BCUT2D eigenvalue weighted by atomic mass is 35.5. The molecule has 0 radical (unpaired) electrons. The Labute approximate surface area is 140 Å². The average Bonchev–Trinajstić information content (AvgIpc) is 2.58. The lowest BCUT2D eigenvalue weighted by Gasteiger charge is -2.04. The second-order valence-corrected chi connectivity index (χ2v) is 4.37. The molecule has 0 aliphatic rings. The summed E-state index contributed by atoms with van der Waals surface area (Å²) >= 11 is 5.14. The maximum absolute atomic E-state index is 9.69. The van der Waals surface area contributed by atoms with Crippen LogP contribution in [0.1, 0.15) is 20.3 Å². The van der Waals surface area contributed by atoms with Crippen molar-refractivity contribution in [3.05, 3.63) is 61.2 Å². The summed E-state index contributed by atoms with van der Waals surface area (Å²) in [6, 6.07) is 11.7. The number of pyridine rings is 2. The maximum atomic E-state index is 9.69. The SMILES string of the molecule is CC(=O)[O-].CCC(Cl)C(=O)[O-].c1cc[nH+]cc1.c1cc[nH+]cc1. The fraction of sp³-hybridized carbons (Fsp3) is 0.250. The van der Waals surface area contributed by atoms with E-state index >= 15 is 0 Å². The summed E-state index contributed by atoms with van der Waals surface area (Å²) in [5.74, 6) is -2.27. The van der Waals surface area contributed by atoms with Gasteiger partial charge >= 0.3 is 0 Å². The molecular weight excluding hydrogens is 320 g/mol. The number of rotatable bonds is 2. The Morgan fingerprint density at radius 3 is 1.26 bits per heavy atom. The first kappa shape index (κ1) is 22.8. The van der Waals surface area contributed by atoms with E-state index in [2.05, 4.69) is 9.97 Å². The highest BCUT2D eigenvalue weighted by molar-refractivity contribution is 6.29. The Morgan fingerprint density at radius 2 is 1.22 bits per heavy atom. The van der Waals surface area contributed by atoms with Gasteiger partial charge in [0.1, 0.15) is 0 Å². The molecule has 1 unspecified atom stereocenters. The minimum Gasteiger partial charge on any atom is -0.550 e. The molecule has 0 fully saturated rings. The molecule has 2 heterocycles. The molecule has 6 nitrogen and oxygen atoms in total. The van der Waals surface area contributed by atoms with Crippen molar-refractivity contribution >= 4 is 23.5 Å². The van der Waals surface area contributed by atoms with Crippen LogP contribution in [0.4, 0.5) is 0 Å². The van der Waals surface area contributed by atoms with Gasteiger partial charge in [-0.2, -0.15) is 0 Å². The molecule has 126 valence electrons. The normalized spacial score (nSPS) is 9.35. The number of aromatic nitrogens is 2. The van der Waals surface area contributed by atoms with E-state index in [0.29, 0.717) is 6.42 Å². The maximum Gasteiger partial charge on any atom is 0.166 e. The quantitative estimate of drug-likeness (QED) is 0.687. The standard InChI is InChI=1S/2C5H5N.C4H7ClO2.C2H4O2/c2*1-2-4-6-5-3-1;1-2-3(5)4(6)7;1-2(3)4/h2*1-5H;3H,2H2,1H3,(H,6,7);1H3,(H,3,4). The molecule has 7 heteroatoms. The number of carbonyl (C=O) groups excluding carboxylic acids is 2. The van der Waals surface area contributed by atoms with Crippen molar-refractivity contribution in [3.8, 4) is 0 Å². The first-order chi connectivity index (χ1) is 10.9. The van der Waals surface area contributed by atoms with Crippen LogP contribution in [0, 0.1) is 0 Å². The van der Waals surface area contributed by atoms with Crippen molar-refractivity contribution in [1.29, 1.82) is 0 Å². The predicted molar refractivity (Wildman–Crippen MR) is 81.6 cm³/mol. The highest BCUT2D eigenvalue weighted by Gasteiger charge is 1.97. The number of hydrogen-bond acceptors (Lipinski definition) is 4. The second-order valence-electron chi connectivity index (χ2n) is 3.84. The van der Waals surface area contributed by atoms with Crippen molar-refractivity contribution in [2.75, 3.05) is 0 Å². The van der Waals surface area contributed by atoms with Crippen LogP contribution in [0.25, 0.3) is 0 Å². The van der Waals surface area contributed by atoms with E-state index in [4.69, 9.17) is 21.5 Å². The zero-order valence-corrected chi connectivity index (χ0v) is 13.8. The van der Waals surface area contributed by atoms with Crippen LogP contribution in [0.3, 0.4) is 0 Å². The van der Waals surface area contributed by atoms with E-state index in [1.807, 2.05) is 61.2 Å². The molecule has 23 heavy (non-hydrogen) atoms. The van der Waals surface area contributed by atoms with Gasteiger partial charge in [0.25, 0.3) is 0 Å². The lowest BCUT2D eigenvalue weighted by atomic mass is 10.3. The van der Waals surface area contributed by atoms with E-state index in [1.165, 1.54) is 0 Å². The highest BCUT2D eigenvalue weighted by Crippen LogP contribution is 1.96. The summed E-state index contributed by atoms with van der Waals surface area (Å²) in [5, 5.41) is 17.8. The first-order valence-electron chi connectivity index (χ1n) is 6.76. The fourth-order valence-electron chi connectivity index (χ4n) is 0.851. The van der Waals surface area contributed by atoms with Crippen LogP contribution >= 0.6 is 11.6 Å². The summed E-state index contributed by atoms with van der Waals surface area (Å²) in [5.41, 5.74) is 0. The van der Waals surface area contributed by atoms with Crippen LogP contribution in [0.2, 0.25) is 0 Å². The molecule has 0 saturated heterocycles. The van der Waals surface area contributed by atoms with Crippen molar-refractivity contribution in [1.82, 2.24) is 0 Å². The topological polar surface area (TPSA) is 109 Å². The smallest absolute Gasteiger partial charge is 0.166 e. The van der Waals surface area contributed by atoms with Gasteiger partial charge in [0.2, 0.25) is 0 Å². The largest absolute Gasteiger partial charge is 0.550 e. The van der Waals surface area contributed by atoms with Crippen LogP contribution in [-0.2, 0) is 9.59 Å². The van der Waals surface area contributed by atoms with Crippen molar-refractivity contribution < 1.29 is 29.8 Å². The van der Waals surface area contributed by atoms with Crippen LogP contribution < -0.4 is 20.2 Å².